The summed E-state index contributed by atoms with van der Waals surface area (Å²) < 4.78 is 4.09. The standard InChI is InChI=1S/C10H15N3O2S/c1-5-7(6(2)14)8(16-13-5)12-10(3,4)9(11)15/h12H,1-4H3,(H2,11,15). The molecule has 0 aromatic carbocycles. The van der Waals surface area contributed by atoms with E-state index in [2.05, 4.69) is 9.69 Å². The van der Waals surface area contributed by atoms with Crippen molar-refractivity contribution < 1.29 is 9.59 Å². The van der Waals surface area contributed by atoms with Crippen LogP contribution in [0, 0.1) is 6.92 Å². The highest BCUT2D eigenvalue weighted by atomic mass is 32.1. The molecule has 0 saturated carbocycles. The number of rotatable bonds is 4. The Morgan fingerprint density at radius 1 is 1.44 bits per heavy atom. The first-order valence-corrected chi connectivity index (χ1v) is 5.58. The summed E-state index contributed by atoms with van der Waals surface area (Å²) in [6.45, 7) is 6.55. The average molecular weight is 241 g/mol. The van der Waals surface area contributed by atoms with Gasteiger partial charge in [-0.25, -0.2) is 0 Å². The number of amides is 1. The molecule has 3 N–H and O–H groups in total. The Hall–Kier alpha value is -1.43. The molecule has 16 heavy (non-hydrogen) atoms. The van der Waals surface area contributed by atoms with Gasteiger partial charge in [-0.1, -0.05) is 0 Å². The molecule has 6 heteroatoms. The Balaban J connectivity index is 3.07. The van der Waals surface area contributed by atoms with Crippen LogP contribution < -0.4 is 11.1 Å². The van der Waals surface area contributed by atoms with Crippen molar-refractivity contribution in [1.29, 1.82) is 0 Å². The lowest BCUT2D eigenvalue weighted by atomic mass is 10.0. The predicted molar refractivity (Wildman–Crippen MR) is 63.8 cm³/mol. The summed E-state index contributed by atoms with van der Waals surface area (Å²) in [5, 5.41) is 3.54. The Labute approximate surface area is 98.2 Å². The van der Waals surface area contributed by atoms with Crippen molar-refractivity contribution in [1.82, 2.24) is 4.37 Å². The zero-order valence-corrected chi connectivity index (χ0v) is 10.6. The van der Waals surface area contributed by atoms with Gasteiger partial charge in [0, 0.05) is 0 Å². The smallest absolute Gasteiger partial charge is 0.242 e. The number of primary amides is 1. The maximum atomic E-state index is 11.4. The Morgan fingerprint density at radius 3 is 2.44 bits per heavy atom. The predicted octanol–water partition coefficient (Wildman–Crippen LogP) is 1.33. The van der Waals surface area contributed by atoms with Crippen LogP contribution in [0.2, 0.25) is 0 Å². The van der Waals surface area contributed by atoms with Crippen LogP contribution in [-0.2, 0) is 4.79 Å². The van der Waals surface area contributed by atoms with E-state index < -0.39 is 11.4 Å². The summed E-state index contributed by atoms with van der Waals surface area (Å²) >= 11 is 1.16. The quantitative estimate of drug-likeness (QED) is 0.779. The maximum Gasteiger partial charge on any atom is 0.242 e. The minimum atomic E-state index is -0.900. The number of aryl methyl sites for hydroxylation is 1. The lowest BCUT2D eigenvalue weighted by Gasteiger charge is -2.22. The van der Waals surface area contributed by atoms with E-state index in [-0.39, 0.29) is 5.78 Å². The highest BCUT2D eigenvalue weighted by Gasteiger charge is 2.27. The van der Waals surface area contributed by atoms with Crippen LogP contribution in [0.5, 0.6) is 0 Å². The van der Waals surface area contributed by atoms with E-state index in [4.69, 9.17) is 5.73 Å². The summed E-state index contributed by atoms with van der Waals surface area (Å²) in [7, 11) is 0. The van der Waals surface area contributed by atoms with Gasteiger partial charge in [-0.05, 0) is 39.2 Å². The van der Waals surface area contributed by atoms with Crippen LogP contribution in [0.4, 0.5) is 5.00 Å². The number of carbonyl (C=O) groups excluding carboxylic acids is 2. The molecule has 1 aromatic heterocycles. The molecule has 1 rings (SSSR count). The van der Waals surface area contributed by atoms with Gasteiger partial charge in [-0.15, -0.1) is 0 Å². The molecule has 1 aromatic rings. The normalized spacial score (nSPS) is 11.2. The zero-order valence-electron chi connectivity index (χ0n) is 9.75. The van der Waals surface area contributed by atoms with E-state index in [1.54, 1.807) is 20.8 Å². The van der Waals surface area contributed by atoms with Crippen LogP contribution in [0.3, 0.4) is 0 Å². The SMILES string of the molecule is CC(=O)c1c(C)nsc1NC(C)(C)C(N)=O. The number of nitrogens with one attached hydrogen (secondary N) is 1. The number of hydrogen-bond donors (Lipinski definition) is 2. The summed E-state index contributed by atoms with van der Waals surface area (Å²) in [6.07, 6.45) is 0. The Kier molecular flexibility index (Phi) is 3.32. The molecule has 88 valence electrons. The molecule has 0 aliphatic carbocycles. The van der Waals surface area contributed by atoms with Crippen molar-refractivity contribution >= 4 is 28.2 Å². The van der Waals surface area contributed by atoms with E-state index in [9.17, 15) is 9.59 Å². The topological polar surface area (TPSA) is 85.1 Å². The fourth-order valence-electron chi connectivity index (χ4n) is 1.22. The molecule has 0 bridgehead atoms. The monoisotopic (exact) mass is 241 g/mol. The fourth-order valence-corrected chi connectivity index (χ4v) is 2.22. The molecule has 0 spiro atoms. The van der Waals surface area contributed by atoms with E-state index >= 15 is 0 Å². The largest absolute Gasteiger partial charge is 0.368 e. The summed E-state index contributed by atoms with van der Waals surface area (Å²) in [6, 6.07) is 0. The third-order valence-electron chi connectivity index (χ3n) is 2.26. The van der Waals surface area contributed by atoms with Gasteiger partial charge in [0.05, 0.1) is 11.3 Å². The highest BCUT2D eigenvalue weighted by molar-refractivity contribution is 7.10. The molecule has 0 atom stereocenters. The Bertz CT molecular complexity index is 437. The minimum absolute atomic E-state index is 0.0750. The van der Waals surface area contributed by atoms with E-state index in [1.165, 1.54) is 6.92 Å². The number of nitrogens with zero attached hydrogens (tertiary/aromatic N) is 1. The number of ketones is 1. The van der Waals surface area contributed by atoms with Crippen molar-refractivity contribution in [3.05, 3.63) is 11.3 Å². The third kappa shape index (κ3) is 2.38. The molecular weight excluding hydrogens is 226 g/mol. The molecule has 1 amide bonds. The molecule has 0 fully saturated rings. The van der Waals surface area contributed by atoms with Crippen LogP contribution in [0.1, 0.15) is 36.8 Å². The van der Waals surface area contributed by atoms with Crippen molar-refractivity contribution in [2.24, 2.45) is 5.73 Å². The lowest BCUT2D eigenvalue weighted by molar-refractivity contribution is -0.121. The van der Waals surface area contributed by atoms with Gasteiger partial charge < -0.3 is 11.1 Å². The lowest BCUT2D eigenvalue weighted by Crippen LogP contribution is -2.45. The second kappa shape index (κ2) is 4.21. The summed E-state index contributed by atoms with van der Waals surface area (Å²) in [4.78, 5) is 22.6. The first-order valence-electron chi connectivity index (χ1n) is 4.81. The van der Waals surface area contributed by atoms with Gasteiger partial charge in [0.15, 0.2) is 5.78 Å². The molecule has 0 aliphatic heterocycles. The van der Waals surface area contributed by atoms with Gasteiger partial charge in [-0.3, -0.25) is 9.59 Å². The van der Waals surface area contributed by atoms with Gasteiger partial charge in [-0.2, -0.15) is 4.37 Å². The second-order valence-corrected chi connectivity index (χ2v) is 4.92. The molecule has 1 heterocycles. The number of nitrogens with two attached hydrogens (primary N) is 1. The second-order valence-electron chi connectivity index (χ2n) is 4.14. The van der Waals surface area contributed by atoms with Gasteiger partial charge in [0.1, 0.15) is 10.5 Å². The third-order valence-corrected chi connectivity index (χ3v) is 3.11. The van der Waals surface area contributed by atoms with Crippen LogP contribution >= 0.6 is 11.5 Å². The van der Waals surface area contributed by atoms with E-state index in [0.29, 0.717) is 16.3 Å². The number of Topliss-reactive ketones (excluding diaryl/α,β-unsaturated/α-hetero) is 1. The molecule has 0 saturated heterocycles. The molecule has 0 radical (unpaired) electrons. The molecule has 5 nitrogen and oxygen atoms in total. The molecule has 0 unspecified atom stereocenters. The first-order chi connectivity index (χ1) is 7.25. The van der Waals surface area contributed by atoms with Crippen molar-refractivity contribution in [3.8, 4) is 0 Å². The fraction of sp³-hybridized carbons (Fsp3) is 0.500. The minimum Gasteiger partial charge on any atom is -0.368 e. The van der Waals surface area contributed by atoms with Crippen LogP contribution in [0.15, 0.2) is 0 Å². The van der Waals surface area contributed by atoms with Crippen molar-refractivity contribution in [3.63, 3.8) is 0 Å². The highest BCUT2D eigenvalue weighted by Crippen LogP contribution is 2.27. The summed E-state index contributed by atoms with van der Waals surface area (Å²) in [5.74, 6) is -0.554. The van der Waals surface area contributed by atoms with Gasteiger partial charge in [0.2, 0.25) is 5.91 Å². The van der Waals surface area contributed by atoms with Crippen LogP contribution in [0.25, 0.3) is 0 Å². The first kappa shape index (κ1) is 12.6. The average Bonchev–Trinajstić information content (AvgIpc) is 2.45. The maximum absolute atomic E-state index is 11.4. The van der Waals surface area contributed by atoms with Gasteiger partial charge >= 0.3 is 0 Å². The van der Waals surface area contributed by atoms with E-state index in [1.807, 2.05) is 0 Å². The number of carbonyl (C=O) groups is 2. The van der Waals surface area contributed by atoms with Gasteiger partial charge in [0.25, 0.3) is 0 Å². The summed E-state index contributed by atoms with van der Waals surface area (Å²) in [5.41, 5.74) is 5.54. The number of aromatic nitrogens is 1. The van der Waals surface area contributed by atoms with Crippen LogP contribution in [-0.4, -0.2) is 21.6 Å². The van der Waals surface area contributed by atoms with E-state index in [0.717, 1.165) is 11.5 Å². The Morgan fingerprint density at radius 2 is 2.00 bits per heavy atom. The zero-order chi connectivity index (χ0) is 12.5. The molecular formula is C10H15N3O2S. The molecule has 0 aliphatic rings. The van der Waals surface area contributed by atoms with Crippen molar-refractivity contribution in [2.75, 3.05) is 5.32 Å². The number of hydrogen-bond acceptors (Lipinski definition) is 5. The van der Waals surface area contributed by atoms with Crippen molar-refractivity contribution in [2.45, 2.75) is 33.2 Å². The number of anilines is 1.